The number of sulfonamides is 1. The minimum absolute atomic E-state index is 0.163. The molecule has 0 radical (unpaired) electrons. The van der Waals surface area contributed by atoms with E-state index in [0.29, 0.717) is 23.2 Å². The first-order valence-electron chi connectivity index (χ1n) is 11.3. The topological polar surface area (TPSA) is 102 Å². The van der Waals surface area contributed by atoms with Gasteiger partial charge in [-0.2, -0.15) is 0 Å². The van der Waals surface area contributed by atoms with Gasteiger partial charge in [-0.1, -0.05) is 18.2 Å². The molecule has 2 N–H and O–H groups in total. The molecule has 2 aromatic heterocycles. The van der Waals surface area contributed by atoms with E-state index < -0.39 is 10.0 Å². The summed E-state index contributed by atoms with van der Waals surface area (Å²) in [6.07, 6.45) is 1.55. The molecule has 0 bridgehead atoms. The second-order valence-corrected chi connectivity index (χ2v) is 10.6. The second-order valence-electron chi connectivity index (χ2n) is 8.07. The number of hydrogen-bond acceptors (Lipinski definition) is 8. The summed E-state index contributed by atoms with van der Waals surface area (Å²) < 4.78 is 38.6. The maximum atomic E-state index is 12.6. The van der Waals surface area contributed by atoms with Crippen molar-refractivity contribution >= 4 is 43.1 Å². The van der Waals surface area contributed by atoms with Gasteiger partial charge in [-0.25, -0.2) is 18.4 Å². The van der Waals surface area contributed by atoms with Gasteiger partial charge >= 0.3 is 0 Å². The van der Waals surface area contributed by atoms with Gasteiger partial charge in [-0.3, -0.25) is 4.72 Å². The van der Waals surface area contributed by atoms with Crippen LogP contribution in [0.3, 0.4) is 0 Å². The van der Waals surface area contributed by atoms with Crippen molar-refractivity contribution in [2.45, 2.75) is 11.4 Å². The van der Waals surface area contributed by atoms with Crippen LogP contribution in [0.1, 0.15) is 5.56 Å². The zero-order valence-corrected chi connectivity index (χ0v) is 21.8. The van der Waals surface area contributed by atoms with Crippen molar-refractivity contribution in [2.75, 3.05) is 24.3 Å². The first kappa shape index (κ1) is 24.5. The standard InChI is InChI=1S/C27H24N4O4S2/c1-34-20-9-12-23(26(16-20)35-2)25-15-18(22-5-3-4-6-24(22)30-25)17-29-19-7-10-21(11-8-19)37(32,33)31-27-28-13-14-36-27/h3-16,29H,17H2,1-2H3,(H,28,31). The Kier molecular flexibility index (Phi) is 6.93. The van der Waals surface area contributed by atoms with Crippen LogP contribution in [0.5, 0.6) is 11.5 Å². The average molecular weight is 533 g/mol. The van der Waals surface area contributed by atoms with Crippen molar-refractivity contribution < 1.29 is 17.9 Å². The predicted octanol–water partition coefficient (Wildman–Crippen LogP) is 5.79. The molecule has 10 heteroatoms. The summed E-state index contributed by atoms with van der Waals surface area (Å²) in [4.78, 5) is 9.01. The van der Waals surface area contributed by atoms with Gasteiger partial charge in [0.1, 0.15) is 11.5 Å². The SMILES string of the molecule is COc1ccc(-c2cc(CNc3ccc(S(=O)(=O)Nc4nccs4)cc3)c3ccccc3n2)c(OC)c1. The Balaban J connectivity index is 1.41. The van der Waals surface area contributed by atoms with Crippen molar-refractivity contribution in [1.82, 2.24) is 9.97 Å². The number of thiazole rings is 1. The fourth-order valence-corrected chi connectivity index (χ4v) is 5.73. The van der Waals surface area contributed by atoms with Crippen LogP contribution in [-0.4, -0.2) is 32.6 Å². The Bertz CT molecular complexity index is 1640. The molecule has 3 aromatic carbocycles. The van der Waals surface area contributed by atoms with E-state index in [-0.39, 0.29) is 4.90 Å². The molecule has 0 spiro atoms. The molecule has 0 aliphatic rings. The summed E-state index contributed by atoms with van der Waals surface area (Å²) >= 11 is 1.22. The van der Waals surface area contributed by atoms with Crippen molar-refractivity contribution in [2.24, 2.45) is 0 Å². The number of methoxy groups -OCH3 is 2. The fourth-order valence-electron chi connectivity index (χ4n) is 3.94. The summed E-state index contributed by atoms with van der Waals surface area (Å²) in [5, 5.41) is 6.47. The monoisotopic (exact) mass is 532 g/mol. The van der Waals surface area contributed by atoms with Gasteiger partial charge in [0.25, 0.3) is 10.0 Å². The van der Waals surface area contributed by atoms with E-state index in [1.807, 2.05) is 48.5 Å². The summed E-state index contributed by atoms with van der Waals surface area (Å²) in [5.74, 6) is 1.37. The minimum atomic E-state index is -3.70. The Hall–Kier alpha value is -4.15. The largest absolute Gasteiger partial charge is 0.497 e. The van der Waals surface area contributed by atoms with Crippen molar-refractivity contribution in [1.29, 1.82) is 0 Å². The van der Waals surface area contributed by atoms with Crippen LogP contribution in [0, 0.1) is 0 Å². The van der Waals surface area contributed by atoms with Gasteiger partial charge in [0.15, 0.2) is 5.13 Å². The summed E-state index contributed by atoms with van der Waals surface area (Å²) in [6, 6.07) is 22.3. The first-order chi connectivity index (χ1) is 18.0. The maximum absolute atomic E-state index is 12.6. The molecule has 5 rings (SSSR count). The molecule has 8 nitrogen and oxygen atoms in total. The molecule has 188 valence electrons. The summed E-state index contributed by atoms with van der Waals surface area (Å²) in [7, 11) is -0.463. The van der Waals surface area contributed by atoms with E-state index >= 15 is 0 Å². The van der Waals surface area contributed by atoms with Crippen molar-refractivity contribution in [3.8, 4) is 22.8 Å². The van der Waals surface area contributed by atoms with E-state index in [2.05, 4.69) is 15.0 Å². The number of fused-ring (bicyclic) bond motifs is 1. The fraction of sp³-hybridized carbons (Fsp3) is 0.111. The highest BCUT2D eigenvalue weighted by Gasteiger charge is 2.16. The number of pyridine rings is 1. The normalized spacial score (nSPS) is 11.3. The van der Waals surface area contributed by atoms with E-state index in [9.17, 15) is 8.42 Å². The lowest BCUT2D eigenvalue weighted by molar-refractivity contribution is 0.395. The quantitative estimate of drug-likeness (QED) is 0.248. The van der Waals surface area contributed by atoms with Gasteiger partial charge in [0.2, 0.25) is 0 Å². The smallest absolute Gasteiger partial charge is 0.263 e. The van der Waals surface area contributed by atoms with Gasteiger partial charge in [-0.15, -0.1) is 11.3 Å². The van der Waals surface area contributed by atoms with Crippen LogP contribution in [0.2, 0.25) is 0 Å². The number of rotatable bonds is 9. The molecule has 0 aliphatic heterocycles. The zero-order valence-electron chi connectivity index (χ0n) is 20.1. The molecule has 0 fully saturated rings. The number of aromatic nitrogens is 2. The third-order valence-corrected chi connectivity index (χ3v) is 7.96. The molecule has 37 heavy (non-hydrogen) atoms. The third kappa shape index (κ3) is 5.35. The Morgan fingerprint density at radius 2 is 1.76 bits per heavy atom. The second kappa shape index (κ2) is 10.5. The van der Waals surface area contributed by atoms with Gasteiger partial charge < -0.3 is 14.8 Å². The Morgan fingerprint density at radius 3 is 2.49 bits per heavy atom. The highest BCUT2D eigenvalue weighted by molar-refractivity contribution is 7.93. The van der Waals surface area contributed by atoms with Crippen LogP contribution in [0.15, 0.2) is 89.3 Å². The highest BCUT2D eigenvalue weighted by Crippen LogP contribution is 2.34. The molecule has 0 aliphatic carbocycles. The van der Waals surface area contributed by atoms with Crippen LogP contribution in [0.25, 0.3) is 22.2 Å². The summed E-state index contributed by atoms with van der Waals surface area (Å²) in [6.45, 7) is 0.512. The average Bonchev–Trinajstić information content (AvgIpc) is 3.43. The van der Waals surface area contributed by atoms with Gasteiger partial charge in [0.05, 0.1) is 30.3 Å². The van der Waals surface area contributed by atoms with E-state index in [1.54, 1.807) is 50.1 Å². The first-order valence-corrected chi connectivity index (χ1v) is 13.7. The molecular formula is C27H24N4O4S2. The molecule has 2 heterocycles. The van der Waals surface area contributed by atoms with E-state index in [1.165, 1.54) is 11.3 Å². The maximum Gasteiger partial charge on any atom is 0.263 e. The van der Waals surface area contributed by atoms with Crippen LogP contribution < -0.4 is 19.5 Å². The van der Waals surface area contributed by atoms with Crippen molar-refractivity contribution in [3.05, 3.63) is 89.9 Å². The molecular weight excluding hydrogens is 508 g/mol. The molecule has 5 aromatic rings. The Labute approximate surface area is 219 Å². The van der Waals surface area contributed by atoms with Crippen LogP contribution in [0.4, 0.5) is 10.8 Å². The number of anilines is 2. The minimum Gasteiger partial charge on any atom is -0.497 e. The number of hydrogen-bond donors (Lipinski definition) is 2. The highest BCUT2D eigenvalue weighted by atomic mass is 32.2. The van der Waals surface area contributed by atoms with Crippen molar-refractivity contribution in [3.63, 3.8) is 0 Å². The molecule has 0 unspecified atom stereocenters. The van der Waals surface area contributed by atoms with Gasteiger partial charge in [0, 0.05) is 40.8 Å². The van der Waals surface area contributed by atoms with E-state index in [4.69, 9.17) is 14.5 Å². The lowest BCUT2D eigenvalue weighted by atomic mass is 10.0. The molecule has 0 atom stereocenters. The van der Waals surface area contributed by atoms with Crippen LogP contribution >= 0.6 is 11.3 Å². The lowest BCUT2D eigenvalue weighted by Crippen LogP contribution is -2.12. The van der Waals surface area contributed by atoms with Gasteiger partial charge in [-0.05, 0) is 54.1 Å². The molecule has 0 saturated carbocycles. The third-order valence-electron chi connectivity index (χ3n) is 5.79. The Morgan fingerprint density at radius 1 is 0.946 bits per heavy atom. The van der Waals surface area contributed by atoms with E-state index in [0.717, 1.165) is 33.4 Å². The number of para-hydroxylation sites is 1. The number of nitrogens with one attached hydrogen (secondary N) is 2. The number of benzene rings is 3. The predicted molar refractivity (Wildman–Crippen MR) is 147 cm³/mol. The lowest BCUT2D eigenvalue weighted by Gasteiger charge is -2.14. The number of nitrogens with zero attached hydrogens (tertiary/aromatic N) is 2. The van der Waals surface area contributed by atoms with Crippen LogP contribution in [-0.2, 0) is 16.6 Å². The summed E-state index contributed by atoms with van der Waals surface area (Å²) in [5.41, 5.74) is 4.34. The molecule has 0 amide bonds. The number of ether oxygens (including phenoxy) is 2. The molecule has 0 saturated heterocycles. The zero-order chi connectivity index (χ0) is 25.8.